The van der Waals surface area contributed by atoms with Gasteiger partial charge < -0.3 is 24.6 Å². The van der Waals surface area contributed by atoms with Crippen LogP contribution in [0.25, 0.3) is 0 Å². The summed E-state index contributed by atoms with van der Waals surface area (Å²) in [6.45, 7) is 3.62. The Bertz CT molecular complexity index is 713. The molecule has 1 saturated carbocycles. The Morgan fingerprint density at radius 2 is 2.23 bits per heavy atom. The summed E-state index contributed by atoms with van der Waals surface area (Å²) in [6.07, 6.45) is 9.57. The number of aliphatic hydroxyl groups excluding tert-OH is 1. The van der Waals surface area contributed by atoms with Crippen LogP contribution in [0.1, 0.15) is 39.0 Å². The predicted octanol–water partition coefficient (Wildman–Crippen LogP) is 2.12. The van der Waals surface area contributed by atoms with E-state index in [0.717, 1.165) is 37.8 Å². The lowest BCUT2D eigenvalue weighted by molar-refractivity contribution is -0.206. The summed E-state index contributed by atoms with van der Waals surface area (Å²) in [5.41, 5.74) is 2.21. The topological polar surface area (TPSA) is 62.2 Å². The second-order valence-corrected chi connectivity index (χ2v) is 8.61. The van der Waals surface area contributed by atoms with Crippen molar-refractivity contribution in [2.24, 2.45) is 11.3 Å². The molecule has 1 spiro atoms. The van der Waals surface area contributed by atoms with E-state index < -0.39 is 11.9 Å². The lowest BCUT2D eigenvalue weighted by atomic mass is 9.51. The molecule has 26 heavy (non-hydrogen) atoms. The normalized spacial score (nSPS) is 46.1. The zero-order valence-electron chi connectivity index (χ0n) is 15.6. The molecule has 0 aromatic carbocycles. The summed E-state index contributed by atoms with van der Waals surface area (Å²) in [7, 11) is 2.20. The fraction of sp³-hybridized carbons (Fsp3) is 0.714. The van der Waals surface area contributed by atoms with Crippen molar-refractivity contribution < 1.29 is 19.7 Å². The van der Waals surface area contributed by atoms with Crippen molar-refractivity contribution in [3.63, 3.8) is 0 Å². The minimum atomic E-state index is -1.39. The van der Waals surface area contributed by atoms with Gasteiger partial charge in [0.2, 0.25) is 5.79 Å². The monoisotopic (exact) mass is 359 g/mol. The zero-order chi connectivity index (χ0) is 18.1. The van der Waals surface area contributed by atoms with Crippen LogP contribution in [0.4, 0.5) is 0 Å². The molecule has 142 valence electrons. The van der Waals surface area contributed by atoms with Gasteiger partial charge in [0.1, 0.15) is 12.2 Å². The van der Waals surface area contributed by atoms with E-state index in [1.54, 1.807) is 0 Å². The molecular weight excluding hydrogens is 330 g/mol. The standard InChI is InChI=1S/C21H29NO4/c1-3-4-11-25-21(24)8-7-13-12-15-14-5-6-16(23)18-20(14,9-10-22(15)2)17(13)19(21)26-18/h5-7,14-16,18,23-24H,3-4,8-12H2,1-2H3/t14-,15+,16-,18-,20-,21?/m0/s1. The van der Waals surface area contributed by atoms with E-state index in [0.29, 0.717) is 30.7 Å². The molecule has 0 radical (unpaired) electrons. The van der Waals surface area contributed by atoms with Crippen LogP contribution in [0.5, 0.6) is 0 Å². The Hall–Kier alpha value is -1.14. The van der Waals surface area contributed by atoms with E-state index in [9.17, 15) is 10.2 Å². The predicted molar refractivity (Wildman–Crippen MR) is 97.1 cm³/mol. The lowest BCUT2D eigenvalue weighted by Crippen LogP contribution is -2.62. The van der Waals surface area contributed by atoms with Crippen molar-refractivity contribution in [2.45, 2.75) is 63.1 Å². The minimum absolute atomic E-state index is 0.229. The van der Waals surface area contributed by atoms with Gasteiger partial charge in [-0.2, -0.15) is 0 Å². The summed E-state index contributed by atoms with van der Waals surface area (Å²) in [5, 5.41) is 22.0. The highest BCUT2D eigenvalue weighted by molar-refractivity contribution is 5.54. The molecule has 2 heterocycles. The summed E-state index contributed by atoms with van der Waals surface area (Å²) in [4.78, 5) is 2.45. The second kappa shape index (κ2) is 5.68. The molecule has 6 atom stereocenters. The maximum absolute atomic E-state index is 11.3. The van der Waals surface area contributed by atoms with Crippen molar-refractivity contribution in [3.05, 3.63) is 35.1 Å². The van der Waals surface area contributed by atoms with E-state index in [-0.39, 0.29) is 11.5 Å². The maximum atomic E-state index is 11.3. The number of hydrogen-bond donors (Lipinski definition) is 2. The van der Waals surface area contributed by atoms with Crippen LogP contribution in [-0.2, 0) is 9.47 Å². The maximum Gasteiger partial charge on any atom is 0.229 e. The number of piperidine rings is 1. The number of hydrogen-bond acceptors (Lipinski definition) is 5. The van der Waals surface area contributed by atoms with Gasteiger partial charge in [0, 0.05) is 29.4 Å². The number of likely N-dealkylation sites (tertiary alicyclic amines) is 1. The van der Waals surface area contributed by atoms with Gasteiger partial charge in [-0.25, -0.2) is 0 Å². The van der Waals surface area contributed by atoms with Crippen molar-refractivity contribution in [1.82, 2.24) is 4.90 Å². The Labute approximate surface area is 155 Å². The van der Waals surface area contributed by atoms with Gasteiger partial charge in [0.25, 0.3) is 0 Å². The molecule has 2 aliphatic heterocycles. The van der Waals surface area contributed by atoms with Gasteiger partial charge in [-0.3, -0.25) is 0 Å². The van der Waals surface area contributed by atoms with Crippen molar-refractivity contribution in [1.29, 1.82) is 0 Å². The van der Waals surface area contributed by atoms with Crippen LogP contribution in [0.15, 0.2) is 35.1 Å². The molecule has 0 aromatic rings. The Morgan fingerprint density at radius 1 is 1.38 bits per heavy atom. The van der Waals surface area contributed by atoms with Gasteiger partial charge in [-0.1, -0.05) is 31.6 Å². The Morgan fingerprint density at radius 3 is 3.04 bits per heavy atom. The van der Waals surface area contributed by atoms with Gasteiger partial charge in [-0.15, -0.1) is 0 Å². The molecule has 5 rings (SSSR count). The third kappa shape index (κ3) is 2.00. The van der Waals surface area contributed by atoms with E-state index in [1.807, 2.05) is 6.08 Å². The SMILES string of the molecule is CCCCOC1(O)CC=C2C[C@@H]3[C@@H]4C=C[C@H](O)[C@@H]5OC1=C2[C@]45CCN3C. The number of rotatable bonds is 4. The van der Waals surface area contributed by atoms with Crippen LogP contribution in [0, 0.1) is 11.3 Å². The van der Waals surface area contributed by atoms with Gasteiger partial charge >= 0.3 is 0 Å². The highest BCUT2D eigenvalue weighted by atomic mass is 16.7. The number of aliphatic hydroxyl groups is 2. The molecule has 5 heteroatoms. The first-order valence-electron chi connectivity index (χ1n) is 10.1. The highest BCUT2D eigenvalue weighted by Gasteiger charge is 2.67. The van der Waals surface area contributed by atoms with Crippen LogP contribution in [-0.4, -0.2) is 59.3 Å². The number of ether oxygens (including phenoxy) is 2. The third-order valence-corrected chi connectivity index (χ3v) is 7.29. The molecule has 5 nitrogen and oxygen atoms in total. The van der Waals surface area contributed by atoms with E-state index in [4.69, 9.17) is 9.47 Å². The highest BCUT2D eigenvalue weighted by Crippen LogP contribution is 2.65. The van der Waals surface area contributed by atoms with E-state index in [2.05, 4.69) is 31.0 Å². The Kier molecular flexibility index (Phi) is 3.71. The molecule has 2 fully saturated rings. The molecule has 3 aliphatic carbocycles. The van der Waals surface area contributed by atoms with E-state index in [1.165, 1.54) is 5.57 Å². The summed E-state index contributed by atoms with van der Waals surface area (Å²) in [5.74, 6) is -0.482. The molecule has 1 saturated heterocycles. The van der Waals surface area contributed by atoms with Gasteiger partial charge in [-0.05, 0) is 38.4 Å². The number of unbranched alkanes of at least 4 members (excludes halogenated alkanes) is 1. The molecule has 0 aromatic heterocycles. The lowest BCUT2D eigenvalue weighted by Gasteiger charge is -2.58. The first-order valence-corrected chi connectivity index (χ1v) is 10.1. The van der Waals surface area contributed by atoms with Crippen molar-refractivity contribution >= 4 is 0 Å². The average Bonchev–Trinajstić information content (AvgIpc) is 2.98. The van der Waals surface area contributed by atoms with Crippen LogP contribution in [0.3, 0.4) is 0 Å². The minimum Gasteiger partial charge on any atom is -0.485 e. The van der Waals surface area contributed by atoms with Gasteiger partial charge in [0.05, 0.1) is 6.61 Å². The Balaban J connectivity index is 1.62. The molecule has 2 bridgehead atoms. The van der Waals surface area contributed by atoms with E-state index >= 15 is 0 Å². The second-order valence-electron chi connectivity index (χ2n) is 8.61. The number of nitrogens with zero attached hydrogens (tertiary/aromatic N) is 1. The summed E-state index contributed by atoms with van der Waals surface area (Å²) in [6, 6.07) is 0.431. The van der Waals surface area contributed by atoms with Crippen molar-refractivity contribution in [3.8, 4) is 0 Å². The molecule has 0 amide bonds. The largest absolute Gasteiger partial charge is 0.485 e. The summed E-state index contributed by atoms with van der Waals surface area (Å²) < 4.78 is 12.3. The van der Waals surface area contributed by atoms with Gasteiger partial charge in [0.15, 0.2) is 5.76 Å². The fourth-order valence-corrected chi connectivity index (χ4v) is 5.98. The third-order valence-electron chi connectivity index (χ3n) is 7.29. The first kappa shape index (κ1) is 17.0. The smallest absolute Gasteiger partial charge is 0.229 e. The fourth-order valence-electron chi connectivity index (χ4n) is 5.98. The quantitative estimate of drug-likeness (QED) is 0.457. The van der Waals surface area contributed by atoms with Crippen LogP contribution >= 0.6 is 0 Å². The van der Waals surface area contributed by atoms with Crippen LogP contribution in [0.2, 0.25) is 0 Å². The average molecular weight is 359 g/mol. The molecular formula is C21H29NO4. The van der Waals surface area contributed by atoms with Crippen molar-refractivity contribution in [2.75, 3.05) is 20.2 Å². The van der Waals surface area contributed by atoms with Crippen LogP contribution < -0.4 is 0 Å². The first-order chi connectivity index (χ1) is 12.5. The molecule has 1 unspecified atom stereocenters. The summed E-state index contributed by atoms with van der Waals surface area (Å²) >= 11 is 0. The molecule has 2 N–H and O–H groups in total. The molecule has 5 aliphatic rings. The zero-order valence-corrected chi connectivity index (χ0v) is 15.6.